The fourth-order valence-corrected chi connectivity index (χ4v) is 2.64. The Morgan fingerprint density at radius 1 is 1.31 bits per heavy atom. The van der Waals surface area contributed by atoms with Gasteiger partial charge in [-0.15, -0.1) is 0 Å². The predicted octanol–water partition coefficient (Wildman–Crippen LogP) is 1.23. The van der Waals surface area contributed by atoms with Gasteiger partial charge in [0.1, 0.15) is 0 Å². The average molecular weight is 227 g/mol. The van der Waals surface area contributed by atoms with Crippen LogP contribution < -0.4 is 0 Å². The van der Waals surface area contributed by atoms with Gasteiger partial charge in [0, 0.05) is 19.1 Å². The van der Waals surface area contributed by atoms with Gasteiger partial charge in [0.25, 0.3) is 0 Å². The van der Waals surface area contributed by atoms with Crippen molar-refractivity contribution in [1.82, 2.24) is 4.90 Å². The van der Waals surface area contributed by atoms with Crippen molar-refractivity contribution < 1.29 is 15.0 Å². The molecule has 0 aromatic rings. The lowest BCUT2D eigenvalue weighted by molar-refractivity contribution is -0.137. The molecule has 0 aliphatic heterocycles. The Bertz CT molecular complexity index is 257. The quantitative estimate of drug-likeness (QED) is 0.716. The summed E-state index contributed by atoms with van der Waals surface area (Å²) in [4.78, 5) is 12.8. The summed E-state index contributed by atoms with van der Waals surface area (Å²) >= 11 is 0. The monoisotopic (exact) mass is 227 g/mol. The molecule has 0 aromatic heterocycles. The summed E-state index contributed by atoms with van der Waals surface area (Å²) in [5, 5.41) is 19.0. The van der Waals surface area contributed by atoms with Crippen molar-refractivity contribution >= 4 is 5.97 Å². The molecule has 2 N–H and O–H groups in total. The van der Waals surface area contributed by atoms with Crippen LogP contribution in [0.2, 0.25) is 0 Å². The highest BCUT2D eigenvalue weighted by atomic mass is 16.4. The fraction of sp³-hybridized carbons (Fsp3) is 0.917. The van der Waals surface area contributed by atoms with Crippen molar-refractivity contribution in [3.05, 3.63) is 0 Å². The average Bonchev–Trinajstić information content (AvgIpc) is 2.97. The predicted molar refractivity (Wildman–Crippen MR) is 60.3 cm³/mol. The summed E-state index contributed by atoms with van der Waals surface area (Å²) in [5.41, 5.74) is -0.541. The lowest BCUT2D eigenvalue weighted by Gasteiger charge is -2.31. The number of carboxylic acid groups (broad SMARTS) is 1. The van der Waals surface area contributed by atoms with E-state index in [9.17, 15) is 9.90 Å². The topological polar surface area (TPSA) is 60.8 Å². The molecule has 2 saturated carbocycles. The molecule has 4 heteroatoms. The second-order valence-electron chi connectivity index (χ2n) is 5.28. The zero-order valence-corrected chi connectivity index (χ0v) is 9.69. The van der Waals surface area contributed by atoms with Gasteiger partial charge < -0.3 is 10.2 Å². The largest absolute Gasteiger partial charge is 0.481 e. The van der Waals surface area contributed by atoms with Crippen LogP contribution in [0, 0.1) is 0 Å². The van der Waals surface area contributed by atoms with Gasteiger partial charge in [-0.05, 0) is 25.7 Å². The molecule has 4 nitrogen and oxygen atoms in total. The normalized spacial score (nSPS) is 23.9. The molecule has 16 heavy (non-hydrogen) atoms. The van der Waals surface area contributed by atoms with Crippen LogP contribution in [0.5, 0.6) is 0 Å². The van der Waals surface area contributed by atoms with Crippen LogP contribution in [-0.4, -0.2) is 45.8 Å². The highest BCUT2D eigenvalue weighted by Crippen LogP contribution is 2.34. The molecule has 92 valence electrons. The van der Waals surface area contributed by atoms with E-state index in [2.05, 4.69) is 4.90 Å². The second kappa shape index (κ2) is 4.72. The third-order valence-electron chi connectivity index (χ3n) is 3.71. The van der Waals surface area contributed by atoms with Crippen molar-refractivity contribution in [3.8, 4) is 0 Å². The highest BCUT2D eigenvalue weighted by molar-refractivity contribution is 5.66. The summed E-state index contributed by atoms with van der Waals surface area (Å²) in [6.07, 6.45) is 6.48. The lowest BCUT2D eigenvalue weighted by atomic mass is 10.0. The van der Waals surface area contributed by atoms with Crippen LogP contribution in [0.25, 0.3) is 0 Å². The van der Waals surface area contributed by atoms with E-state index in [0.717, 1.165) is 38.5 Å². The Balaban J connectivity index is 1.84. The molecule has 0 atom stereocenters. The smallest absolute Gasteiger partial charge is 0.304 e. The van der Waals surface area contributed by atoms with Crippen molar-refractivity contribution in [2.45, 2.75) is 56.6 Å². The molecule has 2 aliphatic rings. The summed E-state index contributed by atoms with van der Waals surface area (Å²) in [5.74, 6) is -0.746. The molecule has 0 bridgehead atoms. The van der Waals surface area contributed by atoms with Gasteiger partial charge in [-0.1, -0.05) is 12.8 Å². The number of nitrogens with zero attached hydrogens (tertiary/aromatic N) is 1. The molecule has 0 radical (unpaired) electrons. The van der Waals surface area contributed by atoms with Crippen molar-refractivity contribution in [3.63, 3.8) is 0 Å². The number of hydrogen-bond donors (Lipinski definition) is 2. The maximum absolute atomic E-state index is 10.6. The zero-order chi connectivity index (χ0) is 11.6. The molecule has 2 fully saturated rings. The first kappa shape index (κ1) is 11.9. The van der Waals surface area contributed by atoms with Crippen molar-refractivity contribution in [2.24, 2.45) is 0 Å². The number of aliphatic carboxylic acids is 1. The molecule has 2 rings (SSSR count). The van der Waals surface area contributed by atoms with Crippen LogP contribution in [0.15, 0.2) is 0 Å². The number of carbonyl (C=O) groups is 1. The van der Waals surface area contributed by atoms with E-state index in [-0.39, 0.29) is 6.42 Å². The maximum atomic E-state index is 10.6. The first-order valence-electron chi connectivity index (χ1n) is 6.27. The van der Waals surface area contributed by atoms with E-state index >= 15 is 0 Å². The molecule has 0 saturated heterocycles. The van der Waals surface area contributed by atoms with Gasteiger partial charge in [0.15, 0.2) is 0 Å². The van der Waals surface area contributed by atoms with E-state index < -0.39 is 11.6 Å². The first-order valence-corrected chi connectivity index (χ1v) is 6.27. The van der Waals surface area contributed by atoms with Gasteiger partial charge in [0.2, 0.25) is 0 Å². The van der Waals surface area contributed by atoms with E-state index in [1.165, 1.54) is 0 Å². The standard InChI is InChI=1S/C12H21NO3/c14-11(15)5-8-13(10-3-4-10)9-12(16)6-1-2-7-12/h10,16H,1-9H2,(H,14,15). The second-order valence-corrected chi connectivity index (χ2v) is 5.28. The maximum Gasteiger partial charge on any atom is 0.304 e. The molecule has 0 spiro atoms. The fourth-order valence-electron chi connectivity index (χ4n) is 2.64. The summed E-state index contributed by atoms with van der Waals surface area (Å²) in [6.45, 7) is 1.26. The minimum Gasteiger partial charge on any atom is -0.481 e. The minimum atomic E-state index is -0.746. The van der Waals surface area contributed by atoms with E-state index in [0.29, 0.717) is 19.1 Å². The molecule has 0 unspecified atom stereocenters. The van der Waals surface area contributed by atoms with Crippen LogP contribution in [0.4, 0.5) is 0 Å². The number of rotatable bonds is 6. The van der Waals surface area contributed by atoms with E-state index in [4.69, 9.17) is 5.11 Å². The van der Waals surface area contributed by atoms with Crippen molar-refractivity contribution in [1.29, 1.82) is 0 Å². The minimum absolute atomic E-state index is 0.187. The van der Waals surface area contributed by atoms with Gasteiger partial charge in [0.05, 0.1) is 12.0 Å². The first-order chi connectivity index (χ1) is 7.59. The molecule has 0 amide bonds. The van der Waals surface area contributed by atoms with Gasteiger partial charge in [-0.25, -0.2) is 0 Å². The van der Waals surface area contributed by atoms with Gasteiger partial charge in [-0.3, -0.25) is 9.69 Å². The number of aliphatic hydroxyl groups is 1. The van der Waals surface area contributed by atoms with Crippen LogP contribution in [0.3, 0.4) is 0 Å². The SMILES string of the molecule is O=C(O)CCN(CC1(O)CCCC1)C1CC1. The molecule has 0 aromatic carbocycles. The third kappa shape index (κ3) is 3.19. The third-order valence-corrected chi connectivity index (χ3v) is 3.71. The number of carboxylic acids is 1. The molecule has 2 aliphatic carbocycles. The summed E-state index contributed by atoms with van der Waals surface area (Å²) in [6, 6.07) is 0.531. The van der Waals surface area contributed by atoms with Gasteiger partial charge >= 0.3 is 5.97 Å². The zero-order valence-electron chi connectivity index (χ0n) is 9.69. The Hall–Kier alpha value is -0.610. The Kier molecular flexibility index (Phi) is 3.50. The van der Waals surface area contributed by atoms with Crippen LogP contribution in [0.1, 0.15) is 44.9 Å². The van der Waals surface area contributed by atoms with E-state index in [1.54, 1.807) is 0 Å². The van der Waals surface area contributed by atoms with E-state index in [1.807, 2.05) is 0 Å². The van der Waals surface area contributed by atoms with Crippen LogP contribution >= 0.6 is 0 Å². The Labute approximate surface area is 96.3 Å². The Morgan fingerprint density at radius 3 is 2.44 bits per heavy atom. The van der Waals surface area contributed by atoms with Gasteiger partial charge in [-0.2, -0.15) is 0 Å². The highest BCUT2D eigenvalue weighted by Gasteiger charge is 2.38. The Morgan fingerprint density at radius 2 is 1.94 bits per heavy atom. The van der Waals surface area contributed by atoms with Crippen LogP contribution in [-0.2, 0) is 4.79 Å². The molecular formula is C12H21NO3. The molecule has 0 heterocycles. The summed E-state index contributed by atoms with van der Waals surface area (Å²) in [7, 11) is 0. The lowest BCUT2D eigenvalue weighted by Crippen LogP contribution is -2.43. The molecular weight excluding hydrogens is 206 g/mol. The summed E-state index contributed by atoms with van der Waals surface area (Å²) < 4.78 is 0. The van der Waals surface area contributed by atoms with Crippen molar-refractivity contribution in [2.75, 3.05) is 13.1 Å². The number of hydrogen-bond acceptors (Lipinski definition) is 3.